The summed E-state index contributed by atoms with van der Waals surface area (Å²) in [6, 6.07) is -0.397. The zero-order valence-corrected chi connectivity index (χ0v) is 12.4. The summed E-state index contributed by atoms with van der Waals surface area (Å²) < 4.78 is 5.12. The molecule has 1 aromatic rings. The Morgan fingerprint density at radius 3 is 2.42 bits per heavy atom. The van der Waals surface area contributed by atoms with Crippen molar-refractivity contribution >= 4 is 23.4 Å². The fourth-order valence-electron chi connectivity index (χ4n) is 1.35. The van der Waals surface area contributed by atoms with E-state index in [0.29, 0.717) is 9.88 Å². The Labute approximate surface area is 115 Å². The van der Waals surface area contributed by atoms with Crippen LogP contribution in [0.5, 0.6) is 0 Å². The van der Waals surface area contributed by atoms with Crippen molar-refractivity contribution in [3.05, 3.63) is 15.6 Å². The lowest BCUT2D eigenvalue weighted by atomic mass is 10.2. The number of alkyl carbamates (subject to hydrolysis) is 1. The lowest BCUT2D eigenvalue weighted by Crippen LogP contribution is -2.34. The average molecular weight is 286 g/mol. The fourth-order valence-corrected chi connectivity index (χ4v) is 2.26. The Kier molecular flexibility index (Phi) is 4.52. The molecule has 1 rings (SSSR count). The highest BCUT2D eigenvalue weighted by Crippen LogP contribution is 2.23. The van der Waals surface area contributed by atoms with E-state index in [1.54, 1.807) is 34.6 Å². The lowest BCUT2D eigenvalue weighted by molar-refractivity contribution is 0.0507. The molecule has 19 heavy (non-hydrogen) atoms. The molecule has 2 N–H and O–H groups in total. The van der Waals surface area contributed by atoms with Crippen LogP contribution >= 0.6 is 11.3 Å². The number of aromatic carboxylic acids is 1. The molecule has 0 spiro atoms. The van der Waals surface area contributed by atoms with Crippen LogP contribution in [0.1, 0.15) is 54.1 Å². The molecule has 0 bridgehead atoms. The number of carboxylic acid groups (broad SMARTS) is 1. The number of amides is 1. The molecule has 0 aliphatic rings. The second-order valence-corrected chi connectivity index (χ2v) is 6.36. The number of carbonyl (C=O) groups is 2. The zero-order valence-electron chi connectivity index (χ0n) is 11.6. The summed E-state index contributed by atoms with van der Waals surface area (Å²) in [7, 11) is 0. The summed E-state index contributed by atoms with van der Waals surface area (Å²) in [6.07, 6.45) is -0.551. The molecule has 1 atom stereocenters. The molecule has 0 radical (unpaired) electrons. The summed E-state index contributed by atoms with van der Waals surface area (Å²) in [5.41, 5.74) is -0.549. The topological polar surface area (TPSA) is 88.5 Å². The highest BCUT2D eigenvalue weighted by atomic mass is 32.1. The van der Waals surface area contributed by atoms with Crippen LogP contribution in [-0.2, 0) is 4.74 Å². The minimum Gasteiger partial charge on any atom is -0.476 e. The highest BCUT2D eigenvalue weighted by Gasteiger charge is 2.22. The number of rotatable bonds is 3. The van der Waals surface area contributed by atoms with E-state index in [2.05, 4.69) is 10.3 Å². The van der Waals surface area contributed by atoms with E-state index >= 15 is 0 Å². The number of hydrogen-bond donors (Lipinski definition) is 2. The molecule has 1 amide bonds. The van der Waals surface area contributed by atoms with Gasteiger partial charge in [-0.2, -0.15) is 0 Å². The molecular formula is C12H18N2O4S. The first-order valence-corrected chi connectivity index (χ1v) is 6.62. The summed E-state index contributed by atoms with van der Waals surface area (Å²) in [5, 5.41) is 12.1. The summed E-state index contributed by atoms with van der Waals surface area (Å²) in [6.45, 7) is 8.73. The lowest BCUT2D eigenvalue weighted by Gasteiger charge is -2.21. The van der Waals surface area contributed by atoms with Crippen molar-refractivity contribution < 1.29 is 19.4 Å². The Balaban J connectivity index is 2.73. The fraction of sp³-hybridized carbons (Fsp3) is 0.583. The molecule has 0 fully saturated rings. The number of carbonyl (C=O) groups excluding carboxylic acids is 1. The van der Waals surface area contributed by atoms with Gasteiger partial charge >= 0.3 is 12.1 Å². The molecule has 0 saturated carbocycles. The van der Waals surface area contributed by atoms with Gasteiger partial charge in [0.05, 0.1) is 6.04 Å². The third-order valence-electron chi connectivity index (χ3n) is 2.12. The van der Waals surface area contributed by atoms with Gasteiger partial charge in [0.2, 0.25) is 0 Å². The third kappa shape index (κ3) is 4.51. The first-order chi connectivity index (χ1) is 8.60. The van der Waals surface area contributed by atoms with Crippen LogP contribution in [0.2, 0.25) is 0 Å². The van der Waals surface area contributed by atoms with Gasteiger partial charge < -0.3 is 15.2 Å². The van der Waals surface area contributed by atoms with Crippen LogP contribution in [0.25, 0.3) is 0 Å². The van der Waals surface area contributed by atoms with Crippen LogP contribution in [0.15, 0.2) is 0 Å². The number of aromatic nitrogens is 1. The van der Waals surface area contributed by atoms with Crippen molar-refractivity contribution in [2.45, 2.75) is 46.3 Å². The molecule has 6 nitrogen and oxygen atoms in total. The van der Waals surface area contributed by atoms with Gasteiger partial charge in [0.25, 0.3) is 0 Å². The molecule has 0 aliphatic heterocycles. The number of nitrogens with zero attached hydrogens (tertiary/aromatic N) is 1. The van der Waals surface area contributed by atoms with E-state index < -0.39 is 23.7 Å². The van der Waals surface area contributed by atoms with E-state index in [1.807, 2.05) is 0 Å². The number of thiazole rings is 1. The van der Waals surface area contributed by atoms with E-state index in [-0.39, 0.29) is 5.69 Å². The number of nitrogens with one attached hydrogen (secondary N) is 1. The predicted octanol–water partition coefficient (Wildman–Crippen LogP) is 2.74. The van der Waals surface area contributed by atoms with Gasteiger partial charge in [-0.1, -0.05) is 0 Å². The Hall–Kier alpha value is -1.63. The van der Waals surface area contributed by atoms with Crippen molar-refractivity contribution in [1.29, 1.82) is 0 Å². The van der Waals surface area contributed by atoms with Crippen molar-refractivity contribution in [3.63, 3.8) is 0 Å². The number of ether oxygens (including phenoxy) is 1. The van der Waals surface area contributed by atoms with Gasteiger partial charge in [0.1, 0.15) is 10.6 Å². The van der Waals surface area contributed by atoms with Gasteiger partial charge in [-0.25, -0.2) is 14.6 Å². The SMILES string of the molecule is Cc1sc(C(C)NC(=O)OC(C)(C)C)nc1C(=O)O. The Morgan fingerprint density at radius 2 is 2.00 bits per heavy atom. The molecule has 1 aromatic heterocycles. The number of carboxylic acids is 1. The first-order valence-electron chi connectivity index (χ1n) is 5.80. The average Bonchev–Trinajstić information content (AvgIpc) is 2.57. The molecule has 0 saturated heterocycles. The first kappa shape index (κ1) is 15.4. The predicted molar refractivity (Wildman–Crippen MR) is 71.6 cm³/mol. The molecule has 0 aromatic carbocycles. The third-order valence-corrected chi connectivity index (χ3v) is 3.27. The van der Waals surface area contributed by atoms with Crippen LogP contribution < -0.4 is 5.32 Å². The quantitative estimate of drug-likeness (QED) is 0.892. The smallest absolute Gasteiger partial charge is 0.408 e. The molecule has 1 heterocycles. The van der Waals surface area contributed by atoms with E-state index in [4.69, 9.17) is 9.84 Å². The molecular weight excluding hydrogens is 268 g/mol. The second-order valence-electron chi connectivity index (χ2n) is 5.13. The highest BCUT2D eigenvalue weighted by molar-refractivity contribution is 7.11. The van der Waals surface area contributed by atoms with Crippen LogP contribution in [0.4, 0.5) is 4.79 Å². The monoisotopic (exact) mass is 286 g/mol. The maximum Gasteiger partial charge on any atom is 0.408 e. The minimum absolute atomic E-state index is 0.0258. The van der Waals surface area contributed by atoms with Gasteiger partial charge in [0.15, 0.2) is 5.69 Å². The molecule has 0 aliphatic carbocycles. The van der Waals surface area contributed by atoms with E-state index in [0.717, 1.165) is 0 Å². The van der Waals surface area contributed by atoms with Crippen LogP contribution in [0.3, 0.4) is 0 Å². The normalized spacial score (nSPS) is 12.9. The second kappa shape index (κ2) is 5.56. The van der Waals surface area contributed by atoms with E-state index in [9.17, 15) is 9.59 Å². The molecule has 1 unspecified atom stereocenters. The van der Waals surface area contributed by atoms with Gasteiger partial charge in [-0.15, -0.1) is 11.3 Å². The van der Waals surface area contributed by atoms with Crippen molar-refractivity contribution in [1.82, 2.24) is 10.3 Å². The largest absolute Gasteiger partial charge is 0.476 e. The number of aryl methyl sites for hydroxylation is 1. The standard InChI is InChI=1S/C12H18N2O4S/c1-6(13-11(17)18-12(3,4)5)9-14-8(10(15)16)7(2)19-9/h6H,1-5H3,(H,13,17)(H,15,16). The maximum absolute atomic E-state index is 11.6. The van der Waals surface area contributed by atoms with Crippen molar-refractivity contribution in [3.8, 4) is 0 Å². The minimum atomic E-state index is -1.07. The summed E-state index contributed by atoms with van der Waals surface area (Å²) in [5.74, 6) is -1.07. The van der Waals surface area contributed by atoms with Gasteiger partial charge in [-0.05, 0) is 34.6 Å². The Morgan fingerprint density at radius 1 is 1.42 bits per heavy atom. The molecule has 7 heteroatoms. The van der Waals surface area contributed by atoms with Crippen LogP contribution in [-0.4, -0.2) is 27.8 Å². The van der Waals surface area contributed by atoms with Crippen LogP contribution in [0, 0.1) is 6.92 Å². The molecule has 106 valence electrons. The van der Waals surface area contributed by atoms with Crippen molar-refractivity contribution in [2.24, 2.45) is 0 Å². The van der Waals surface area contributed by atoms with Gasteiger partial charge in [-0.3, -0.25) is 0 Å². The summed E-state index contributed by atoms with van der Waals surface area (Å²) >= 11 is 1.25. The number of hydrogen-bond acceptors (Lipinski definition) is 5. The van der Waals surface area contributed by atoms with Crippen molar-refractivity contribution in [2.75, 3.05) is 0 Å². The summed E-state index contributed by atoms with van der Waals surface area (Å²) in [4.78, 5) is 27.1. The Bertz CT molecular complexity index is 490. The van der Waals surface area contributed by atoms with E-state index in [1.165, 1.54) is 11.3 Å². The van der Waals surface area contributed by atoms with Gasteiger partial charge in [0, 0.05) is 4.88 Å². The maximum atomic E-state index is 11.6. The zero-order chi connectivity index (χ0) is 14.8.